The molecule has 0 aliphatic rings. The molecule has 0 atom stereocenters. The summed E-state index contributed by atoms with van der Waals surface area (Å²) in [7, 11) is 0. The average Bonchev–Trinajstić information content (AvgIpc) is 2.43. The quantitative estimate of drug-likeness (QED) is 0.806. The molecule has 2 rings (SSSR count). The van der Waals surface area contributed by atoms with Crippen molar-refractivity contribution in [3.63, 3.8) is 0 Å². The van der Waals surface area contributed by atoms with Crippen LogP contribution in [0.4, 0.5) is 20.6 Å². The van der Waals surface area contributed by atoms with Gasteiger partial charge in [-0.15, -0.1) is 0 Å². The number of carboxylic acids is 1. The summed E-state index contributed by atoms with van der Waals surface area (Å²) in [6.07, 6.45) is 0. The van der Waals surface area contributed by atoms with E-state index in [-0.39, 0.29) is 11.3 Å². The lowest BCUT2D eigenvalue weighted by Gasteiger charge is -2.09. The van der Waals surface area contributed by atoms with Gasteiger partial charge < -0.3 is 15.7 Å². The maximum atomic E-state index is 13.6. The number of benzene rings is 2. The number of halogens is 2. The second-order valence-corrected chi connectivity index (χ2v) is 4.52. The maximum absolute atomic E-state index is 13.6. The second kappa shape index (κ2) is 6.23. The first-order valence-corrected chi connectivity index (χ1v) is 6.20. The maximum Gasteiger partial charge on any atom is 0.335 e. The van der Waals surface area contributed by atoms with Crippen LogP contribution in [0.5, 0.6) is 0 Å². The first-order chi connectivity index (χ1) is 9.95. The van der Waals surface area contributed by atoms with Gasteiger partial charge in [-0.25, -0.2) is 14.0 Å². The molecule has 7 heteroatoms. The minimum atomic E-state index is -1.24. The topological polar surface area (TPSA) is 78.4 Å². The zero-order valence-corrected chi connectivity index (χ0v) is 11.3. The van der Waals surface area contributed by atoms with E-state index >= 15 is 0 Å². The average molecular weight is 309 g/mol. The molecular weight excluding hydrogens is 299 g/mol. The van der Waals surface area contributed by atoms with Gasteiger partial charge in [0.2, 0.25) is 0 Å². The number of nitrogens with one attached hydrogen (secondary N) is 2. The summed E-state index contributed by atoms with van der Waals surface area (Å²) in [6, 6.07) is 8.93. The Morgan fingerprint density at radius 3 is 2.29 bits per heavy atom. The Morgan fingerprint density at radius 1 is 1.05 bits per heavy atom. The number of hydrogen-bond acceptors (Lipinski definition) is 2. The minimum Gasteiger partial charge on any atom is -0.478 e. The molecule has 0 aliphatic heterocycles. The predicted molar refractivity (Wildman–Crippen MR) is 77.5 cm³/mol. The Balaban J connectivity index is 2.06. The van der Waals surface area contributed by atoms with Gasteiger partial charge >= 0.3 is 12.0 Å². The summed E-state index contributed by atoms with van der Waals surface area (Å²) < 4.78 is 13.6. The fourth-order valence-electron chi connectivity index (χ4n) is 1.57. The molecule has 0 bridgehead atoms. The first-order valence-electron chi connectivity index (χ1n) is 5.82. The van der Waals surface area contributed by atoms with Crippen molar-refractivity contribution in [3.05, 3.63) is 58.9 Å². The van der Waals surface area contributed by atoms with Gasteiger partial charge in [-0.3, -0.25) is 0 Å². The molecule has 0 spiro atoms. The lowest BCUT2D eigenvalue weighted by molar-refractivity contribution is 0.0696. The van der Waals surface area contributed by atoms with E-state index in [1.807, 2.05) is 0 Å². The Morgan fingerprint density at radius 2 is 1.71 bits per heavy atom. The third-order valence-corrected chi connectivity index (χ3v) is 2.82. The van der Waals surface area contributed by atoms with Crippen LogP contribution < -0.4 is 10.6 Å². The molecule has 5 nitrogen and oxygen atoms in total. The zero-order valence-electron chi connectivity index (χ0n) is 10.6. The highest BCUT2D eigenvalue weighted by atomic mass is 35.5. The number of carbonyl (C=O) groups is 2. The van der Waals surface area contributed by atoms with E-state index in [0.29, 0.717) is 10.7 Å². The van der Waals surface area contributed by atoms with Gasteiger partial charge in [0, 0.05) is 10.7 Å². The van der Waals surface area contributed by atoms with Crippen molar-refractivity contribution in [2.75, 3.05) is 10.6 Å². The van der Waals surface area contributed by atoms with Crippen LogP contribution in [0.1, 0.15) is 10.4 Å². The van der Waals surface area contributed by atoms with Crippen LogP contribution in [0.25, 0.3) is 0 Å². The number of carbonyl (C=O) groups excluding carboxylic acids is 1. The second-order valence-electron chi connectivity index (χ2n) is 4.09. The molecule has 108 valence electrons. The molecule has 2 aromatic carbocycles. The van der Waals surface area contributed by atoms with E-state index in [9.17, 15) is 14.0 Å². The van der Waals surface area contributed by atoms with E-state index in [1.54, 1.807) is 24.3 Å². The molecule has 0 radical (unpaired) electrons. The Kier molecular flexibility index (Phi) is 4.39. The van der Waals surface area contributed by atoms with E-state index < -0.39 is 17.8 Å². The number of amides is 2. The monoisotopic (exact) mass is 308 g/mol. The molecular formula is C14H10ClFN2O3. The third-order valence-electron chi connectivity index (χ3n) is 2.57. The molecule has 0 saturated carbocycles. The highest BCUT2D eigenvalue weighted by Crippen LogP contribution is 2.17. The van der Waals surface area contributed by atoms with Crippen LogP contribution >= 0.6 is 11.6 Å². The smallest absolute Gasteiger partial charge is 0.335 e. The molecule has 0 unspecified atom stereocenters. The van der Waals surface area contributed by atoms with E-state index in [4.69, 9.17) is 16.7 Å². The van der Waals surface area contributed by atoms with Crippen LogP contribution in [0.3, 0.4) is 0 Å². The van der Waals surface area contributed by atoms with Gasteiger partial charge in [0.15, 0.2) is 0 Å². The van der Waals surface area contributed by atoms with Crippen LogP contribution in [0.2, 0.25) is 5.02 Å². The van der Waals surface area contributed by atoms with Crippen molar-refractivity contribution < 1.29 is 19.1 Å². The van der Waals surface area contributed by atoms with Crippen molar-refractivity contribution in [2.45, 2.75) is 0 Å². The van der Waals surface area contributed by atoms with Crippen molar-refractivity contribution in [3.8, 4) is 0 Å². The van der Waals surface area contributed by atoms with Gasteiger partial charge in [0.1, 0.15) is 5.82 Å². The fourth-order valence-corrected chi connectivity index (χ4v) is 1.69. The number of carboxylic acid groups (broad SMARTS) is 1. The first kappa shape index (κ1) is 14.8. The summed E-state index contributed by atoms with van der Waals surface area (Å²) in [5.41, 5.74) is 0.169. The molecule has 0 aromatic heterocycles. The van der Waals surface area contributed by atoms with Crippen LogP contribution in [0, 0.1) is 5.82 Å². The molecule has 2 amide bonds. The highest BCUT2D eigenvalue weighted by Gasteiger charge is 2.10. The fraction of sp³-hybridized carbons (Fsp3) is 0. The molecule has 3 N–H and O–H groups in total. The molecule has 21 heavy (non-hydrogen) atoms. The van der Waals surface area contributed by atoms with Crippen LogP contribution in [0.15, 0.2) is 42.5 Å². The summed E-state index contributed by atoms with van der Waals surface area (Å²) >= 11 is 5.71. The van der Waals surface area contributed by atoms with Gasteiger partial charge in [0.05, 0.1) is 11.3 Å². The van der Waals surface area contributed by atoms with Crippen molar-refractivity contribution in [1.82, 2.24) is 0 Å². The Hall–Kier alpha value is -2.60. The van der Waals surface area contributed by atoms with Crippen molar-refractivity contribution >= 4 is 35.0 Å². The van der Waals surface area contributed by atoms with Crippen molar-refractivity contribution in [2.24, 2.45) is 0 Å². The molecule has 0 aliphatic carbocycles. The SMILES string of the molecule is O=C(Nc1ccc(Cl)cc1)Nc1ccc(C(=O)O)cc1F. The van der Waals surface area contributed by atoms with Crippen molar-refractivity contribution in [1.29, 1.82) is 0 Å². The minimum absolute atomic E-state index is 0.119. The Labute approximate surface area is 124 Å². The van der Waals surface area contributed by atoms with Gasteiger partial charge in [-0.1, -0.05) is 11.6 Å². The summed E-state index contributed by atoms with van der Waals surface area (Å²) in [6.45, 7) is 0. The normalized spacial score (nSPS) is 10.0. The predicted octanol–water partition coefficient (Wildman–Crippen LogP) is 3.82. The van der Waals surface area contributed by atoms with Crippen LogP contribution in [-0.2, 0) is 0 Å². The zero-order chi connectivity index (χ0) is 15.4. The number of urea groups is 1. The van der Waals surface area contributed by atoms with Gasteiger partial charge in [-0.2, -0.15) is 0 Å². The largest absolute Gasteiger partial charge is 0.478 e. The van der Waals surface area contributed by atoms with E-state index in [2.05, 4.69) is 10.6 Å². The third kappa shape index (κ3) is 3.93. The Bertz CT molecular complexity index is 689. The van der Waals surface area contributed by atoms with E-state index in [0.717, 1.165) is 6.07 Å². The molecule has 0 heterocycles. The van der Waals surface area contributed by atoms with Gasteiger partial charge in [0.25, 0.3) is 0 Å². The standard InChI is InChI=1S/C14H10ClFN2O3/c15-9-2-4-10(5-3-9)17-14(21)18-12-6-1-8(13(19)20)7-11(12)16/h1-7H,(H,19,20)(H2,17,18,21). The highest BCUT2D eigenvalue weighted by molar-refractivity contribution is 6.30. The number of anilines is 2. The lowest BCUT2D eigenvalue weighted by Crippen LogP contribution is -2.20. The van der Waals surface area contributed by atoms with Gasteiger partial charge in [-0.05, 0) is 42.5 Å². The summed E-state index contributed by atoms with van der Waals surface area (Å²) in [5, 5.41) is 14.0. The van der Waals surface area contributed by atoms with Crippen LogP contribution in [-0.4, -0.2) is 17.1 Å². The molecule has 0 saturated heterocycles. The summed E-state index contributed by atoms with van der Waals surface area (Å²) in [5.74, 6) is -2.08. The molecule has 2 aromatic rings. The summed E-state index contributed by atoms with van der Waals surface area (Å²) in [4.78, 5) is 22.4. The number of hydrogen-bond donors (Lipinski definition) is 3. The lowest BCUT2D eigenvalue weighted by atomic mass is 10.2. The number of rotatable bonds is 3. The molecule has 0 fully saturated rings. The van der Waals surface area contributed by atoms with E-state index in [1.165, 1.54) is 12.1 Å². The number of aromatic carboxylic acids is 1.